The van der Waals surface area contributed by atoms with Crippen molar-refractivity contribution in [2.24, 2.45) is 4.99 Å². The lowest BCUT2D eigenvalue weighted by molar-refractivity contribution is -0.185. The molecule has 0 saturated carbocycles. The van der Waals surface area contributed by atoms with E-state index < -0.39 is 17.8 Å². The molecular weight excluding hydrogens is 498 g/mol. The van der Waals surface area contributed by atoms with Crippen LogP contribution in [0.15, 0.2) is 114 Å². The number of nitrogens with zero attached hydrogens (tertiary/aromatic N) is 1. The SMILES string of the molecule is O=C=N[C@](OCc1ccccc1)(C(=O)O)[C@@H](O)c1ccc(OCc2ccccc2)c(OCc2ccccc2)c1. The van der Waals surface area contributed by atoms with E-state index in [-0.39, 0.29) is 31.1 Å². The lowest BCUT2D eigenvalue weighted by Gasteiger charge is -2.29. The molecule has 0 fully saturated rings. The quantitative estimate of drug-likeness (QED) is 0.182. The maximum absolute atomic E-state index is 12.4. The third kappa shape index (κ3) is 6.97. The number of aliphatic hydroxyl groups excluding tert-OH is 1. The van der Waals surface area contributed by atoms with E-state index in [2.05, 4.69) is 4.99 Å². The Bertz CT molecular complexity index is 1400. The minimum Gasteiger partial charge on any atom is -0.485 e. The summed E-state index contributed by atoms with van der Waals surface area (Å²) < 4.78 is 17.6. The third-order valence-corrected chi connectivity index (χ3v) is 5.95. The summed E-state index contributed by atoms with van der Waals surface area (Å²) in [5.74, 6) is -0.995. The number of rotatable bonds is 13. The van der Waals surface area contributed by atoms with Crippen LogP contribution in [0.1, 0.15) is 28.4 Å². The van der Waals surface area contributed by atoms with Gasteiger partial charge in [0.05, 0.1) is 6.61 Å². The summed E-state index contributed by atoms with van der Waals surface area (Å²) >= 11 is 0. The molecule has 2 atom stereocenters. The summed E-state index contributed by atoms with van der Waals surface area (Å²) in [4.78, 5) is 27.1. The van der Waals surface area contributed by atoms with E-state index in [1.165, 1.54) is 18.2 Å². The van der Waals surface area contributed by atoms with E-state index in [0.29, 0.717) is 11.3 Å². The second kappa shape index (κ2) is 13.2. The average Bonchev–Trinajstić information content (AvgIpc) is 2.98. The molecule has 0 heterocycles. The van der Waals surface area contributed by atoms with Crippen molar-refractivity contribution in [3.63, 3.8) is 0 Å². The normalized spacial score (nSPS) is 12.9. The van der Waals surface area contributed by atoms with Crippen molar-refractivity contribution in [2.45, 2.75) is 31.6 Å². The van der Waals surface area contributed by atoms with Crippen LogP contribution in [0, 0.1) is 0 Å². The second-order valence-electron chi connectivity index (χ2n) is 8.64. The highest BCUT2D eigenvalue weighted by molar-refractivity contribution is 5.79. The molecule has 198 valence electrons. The first-order valence-electron chi connectivity index (χ1n) is 12.2. The Kier molecular flexibility index (Phi) is 9.21. The highest BCUT2D eigenvalue weighted by atomic mass is 16.6. The molecule has 39 heavy (non-hydrogen) atoms. The Morgan fingerprint density at radius 2 is 1.23 bits per heavy atom. The van der Waals surface area contributed by atoms with Gasteiger partial charge in [-0.05, 0) is 34.4 Å². The Hall–Kier alpha value is -4.75. The molecule has 0 aliphatic carbocycles. The van der Waals surface area contributed by atoms with Gasteiger partial charge in [0.15, 0.2) is 11.5 Å². The third-order valence-electron chi connectivity index (χ3n) is 5.95. The molecule has 0 unspecified atom stereocenters. The zero-order valence-corrected chi connectivity index (χ0v) is 21.0. The number of aliphatic imine (C=N–C) groups is 1. The minimum atomic E-state index is -2.64. The zero-order valence-electron chi connectivity index (χ0n) is 21.0. The van der Waals surface area contributed by atoms with E-state index in [1.54, 1.807) is 36.4 Å². The topological polar surface area (TPSA) is 115 Å². The Balaban J connectivity index is 1.65. The van der Waals surface area contributed by atoms with Crippen LogP contribution < -0.4 is 9.47 Å². The fourth-order valence-electron chi connectivity index (χ4n) is 3.86. The lowest BCUT2D eigenvalue weighted by atomic mass is 9.98. The van der Waals surface area contributed by atoms with Crippen LogP contribution in [0.3, 0.4) is 0 Å². The van der Waals surface area contributed by atoms with Gasteiger partial charge in [0.2, 0.25) is 6.08 Å². The Labute approximate surface area is 225 Å². The maximum Gasteiger partial charge on any atom is 0.363 e. The van der Waals surface area contributed by atoms with Crippen molar-refractivity contribution in [1.82, 2.24) is 0 Å². The van der Waals surface area contributed by atoms with Crippen LogP contribution in [-0.4, -0.2) is 28.0 Å². The van der Waals surface area contributed by atoms with Crippen molar-refractivity contribution in [3.8, 4) is 11.5 Å². The molecule has 2 N–H and O–H groups in total. The highest BCUT2D eigenvalue weighted by Crippen LogP contribution is 2.37. The summed E-state index contributed by atoms with van der Waals surface area (Å²) in [6, 6.07) is 32.3. The number of benzene rings is 4. The average molecular weight is 526 g/mol. The molecule has 0 aliphatic heterocycles. The smallest absolute Gasteiger partial charge is 0.363 e. The maximum atomic E-state index is 12.4. The summed E-state index contributed by atoms with van der Waals surface area (Å²) in [6.07, 6.45) is -0.632. The fourth-order valence-corrected chi connectivity index (χ4v) is 3.86. The number of carboxylic acids is 1. The predicted octanol–water partition coefficient (Wildman–Crippen LogP) is 5.21. The van der Waals surface area contributed by atoms with Crippen molar-refractivity contribution in [2.75, 3.05) is 0 Å². The second-order valence-corrected chi connectivity index (χ2v) is 8.64. The van der Waals surface area contributed by atoms with Gasteiger partial charge in [-0.3, -0.25) is 0 Å². The number of hydrogen-bond acceptors (Lipinski definition) is 7. The van der Waals surface area contributed by atoms with Crippen molar-refractivity contribution in [3.05, 3.63) is 131 Å². The van der Waals surface area contributed by atoms with Crippen LogP contribution >= 0.6 is 0 Å². The van der Waals surface area contributed by atoms with Gasteiger partial charge >= 0.3 is 5.97 Å². The predicted molar refractivity (Wildman–Crippen MR) is 143 cm³/mol. The summed E-state index contributed by atoms with van der Waals surface area (Å²) in [5, 5.41) is 21.3. The summed E-state index contributed by atoms with van der Waals surface area (Å²) in [7, 11) is 0. The van der Waals surface area contributed by atoms with Crippen LogP contribution in [0.4, 0.5) is 0 Å². The van der Waals surface area contributed by atoms with Gasteiger partial charge in [-0.2, -0.15) is 4.99 Å². The summed E-state index contributed by atoms with van der Waals surface area (Å²) in [5.41, 5.74) is -0.0717. The molecule has 0 amide bonds. The number of isocyanates is 1. The zero-order chi connectivity index (χ0) is 27.5. The molecule has 0 radical (unpaired) electrons. The van der Waals surface area contributed by atoms with E-state index in [4.69, 9.17) is 14.2 Å². The van der Waals surface area contributed by atoms with Crippen LogP contribution in [-0.2, 0) is 34.1 Å². The lowest BCUT2D eigenvalue weighted by Crippen LogP contribution is -2.45. The number of carboxylic acid groups (broad SMARTS) is 1. The molecule has 0 bridgehead atoms. The highest BCUT2D eigenvalue weighted by Gasteiger charge is 2.49. The van der Waals surface area contributed by atoms with Crippen LogP contribution in [0.25, 0.3) is 0 Å². The van der Waals surface area contributed by atoms with E-state index in [9.17, 15) is 19.8 Å². The molecule has 0 aliphatic rings. The van der Waals surface area contributed by atoms with E-state index >= 15 is 0 Å². The molecule has 0 saturated heterocycles. The number of aliphatic hydroxyl groups is 1. The monoisotopic (exact) mass is 525 g/mol. The molecule has 4 aromatic carbocycles. The van der Waals surface area contributed by atoms with Gasteiger partial charge in [-0.25, -0.2) is 9.59 Å². The largest absolute Gasteiger partial charge is 0.485 e. The molecule has 4 rings (SSSR count). The number of ether oxygens (including phenoxy) is 3. The van der Waals surface area contributed by atoms with Crippen molar-refractivity contribution in [1.29, 1.82) is 0 Å². The van der Waals surface area contributed by atoms with Crippen molar-refractivity contribution >= 4 is 12.0 Å². The van der Waals surface area contributed by atoms with Gasteiger partial charge in [0, 0.05) is 0 Å². The fraction of sp³-hybridized carbons (Fsp3) is 0.161. The molecule has 8 nitrogen and oxygen atoms in total. The number of hydrogen-bond donors (Lipinski definition) is 2. The summed E-state index contributed by atoms with van der Waals surface area (Å²) in [6.45, 7) is 0.243. The Morgan fingerprint density at radius 3 is 1.72 bits per heavy atom. The minimum absolute atomic E-state index is 0.0968. The van der Waals surface area contributed by atoms with E-state index in [0.717, 1.165) is 11.1 Å². The van der Waals surface area contributed by atoms with Crippen LogP contribution in [0.2, 0.25) is 0 Å². The Morgan fingerprint density at radius 1 is 0.744 bits per heavy atom. The first-order valence-corrected chi connectivity index (χ1v) is 12.2. The molecular formula is C31H27NO7. The number of carbonyl (C=O) groups excluding carboxylic acids is 1. The van der Waals surface area contributed by atoms with Crippen LogP contribution in [0.5, 0.6) is 11.5 Å². The van der Waals surface area contributed by atoms with Gasteiger partial charge in [-0.15, -0.1) is 0 Å². The van der Waals surface area contributed by atoms with Crippen molar-refractivity contribution < 1.29 is 34.0 Å². The van der Waals surface area contributed by atoms with Gasteiger partial charge in [0.1, 0.15) is 19.3 Å². The number of carbonyl (C=O) groups is 1. The van der Waals surface area contributed by atoms with Gasteiger partial charge in [0.25, 0.3) is 5.72 Å². The number of aliphatic carboxylic acids is 1. The van der Waals surface area contributed by atoms with E-state index in [1.807, 2.05) is 60.7 Å². The molecule has 0 aromatic heterocycles. The van der Waals surface area contributed by atoms with Gasteiger partial charge < -0.3 is 24.4 Å². The first-order chi connectivity index (χ1) is 19.0. The molecule has 4 aromatic rings. The molecule has 0 spiro atoms. The standard InChI is InChI=1S/C31H27NO7/c33-22-32-31(30(35)36,39-21-25-14-8-3-9-15-25)29(34)26-16-17-27(37-19-23-10-4-1-5-11-23)28(18-26)38-20-24-12-6-2-7-13-24/h1-18,29,34H,19-21H2,(H,35,36)/t29-,31+/m0/s1. The van der Waals surface area contributed by atoms with Gasteiger partial charge in [-0.1, -0.05) is 97.1 Å². The first kappa shape index (κ1) is 27.3. The molecule has 8 heteroatoms.